The van der Waals surface area contributed by atoms with Crippen molar-refractivity contribution in [1.82, 2.24) is 9.78 Å². The number of nitrogens with two attached hydrogens (primary N) is 1. The van der Waals surface area contributed by atoms with E-state index >= 15 is 0 Å². The van der Waals surface area contributed by atoms with Crippen LogP contribution < -0.4 is 11.1 Å². The van der Waals surface area contributed by atoms with Crippen LogP contribution in [0.25, 0.3) is 0 Å². The fourth-order valence-electron chi connectivity index (χ4n) is 1.77. The predicted octanol–water partition coefficient (Wildman–Crippen LogP) is 2.12. The first-order valence-corrected chi connectivity index (χ1v) is 6.51. The Morgan fingerprint density at radius 2 is 2.24 bits per heavy atom. The molecule has 0 saturated carbocycles. The second kappa shape index (κ2) is 7.09. The summed E-state index contributed by atoms with van der Waals surface area (Å²) in [5.74, 6) is 0.478. The average Bonchev–Trinajstić information content (AvgIpc) is 2.82. The minimum atomic E-state index is -0.665. The van der Waals surface area contributed by atoms with Crippen LogP contribution in [0.1, 0.15) is 12.5 Å². The van der Waals surface area contributed by atoms with E-state index < -0.39 is 6.03 Å². The van der Waals surface area contributed by atoms with Crippen LogP contribution in [0.5, 0.6) is 0 Å². The van der Waals surface area contributed by atoms with Gasteiger partial charge in [0.2, 0.25) is 0 Å². The summed E-state index contributed by atoms with van der Waals surface area (Å²) in [5, 5.41) is 6.71. The number of aliphatic imine (C=N–C) groups is 1. The number of anilines is 1. The molecule has 21 heavy (non-hydrogen) atoms. The van der Waals surface area contributed by atoms with Gasteiger partial charge in [-0.2, -0.15) is 10.1 Å². The molecular weight excluding hydrogens is 270 g/mol. The number of rotatable bonds is 6. The van der Waals surface area contributed by atoms with Crippen LogP contribution in [-0.4, -0.2) is 28.8 Å². The number of carbonyl (C=O) groups excluding carboxylic acids is 1. The van der Waals surface area contributed by atoms with Gasteiger partial charge in [-0.3, -0.25) is 0 Å². The summed E-state index contributed by atoms with van der Waals surface area (Å²) >= 11 is 0. The number of urea groups is 1. The molecular formula is C14H17N5O2. The number of amides is 2. The third kappa shape index (κ3) is 4.07. The predicted molar refractivity (Wildman–Crippen MR) is 80.8 cm³/mol. The highest BCUT2D eigenvalue weighted by molar-refractivity contribution is 5.90. The molecule has 1 aromatic carbocycles. The number of benzene rings is 1. The summed E-state index contributed by atoms with van der Waals surface area (Å²) in [4.78, 5) is 15.2. The van der Waals surface area contributed by atoms with Gasteiger partial charge in [-0.15, -0.1) is 0 Å². The molecule has 0 spiro atoms. The molecule has 0 aliphatic carbocycles. The summed E-state index contributed by atoms with van der Waals surface area (Å²) in [5.41, 5.74) is 6.65. The molecule has 0 unspecified atom stereocenters. The van der Waals surface area contributed by atoms with E-state index in [4.69, 9.17) is 10.5 Å². The molecule has 1 heterocycles. The highest BCUT2D eigenvalue weighted by Gasteiger charge is 2.11. The number of carbonyl (C=O) groups is 1. The van der Waals surface area contributed by atoms with Crippen LogP contribution in [0.3, 0.4) is 0 Å². The zero-order valence-electron chi connectivity index (χ0n) is 11.7. The van der Waals surface area contributed by atoms with E-state index in [-0.39, 0.29) is 0 Å². The Hall–Kier alpha value is -2.83. The highest BCUT2D eigenvalue weighted by atomic mass is 16.5. The Kier molecular flexibility index (Phi) is 4.92. The lowest BCUT2D eigenvalue weighted by Gasteiger charge is -2.06. The smallest absolute Gasteiger partial charge is 0.316 e. The first kappa shape index (κ1) is 14.6. The minimum Gasteiger partial charge on any atom is -0.483 e. The fraction of sp³-hybridized carbons (Fsp3) is 0.214. The molecule has 3 N–H and O–H groups in total. The Balaban J connectivity index is 2.27. The molecule has 0 radical (unpaired) electrons. The summed E-state index contributed by atoms with van der Waals surface area (Å²) in [6.45, 7) is 2.89. The van der Waals surface area contributed by atoms with Crippen molar-refractivity contribution in [3.8, 4) is 0 Å². The van der Waals surface area contributed by atoms with E-state index in [0.717, 1.165) is 5.56 Å². The van der Waals surface area contributed by atoms with Gasteiger partial charge < -0.3 is 15.8 Å². The summed E-state index contributed by atoms with van der Waals surface area (Å²) in [6.07, 6.45) is 2.83. The molecule has 0 saturated heterocycles. The molecule has 7 nitrogen and oxygen atoms in total. The minimum absolute atomic E-state index is 0.439. The number of aromatic nitrogens is 2. The number of nitrogens with one attached hydrogen (secondary N) is 1. The third-order valence-corrected chi connectivity index (χ3v) is 2.66. The molecule has 0 bridgehead atoms. The van der Waals surface area contributed by atoms with E-state index in [0.29, 0.717) is 24.7 Å². The Labute approximate surface area is 122 Å². The van der Waals surface area contributed by atoms with Crippen molar-refractivity contribution >= 4 is 23.9 Å². The van der Waals surface area contributed by atoms with E-state index in [2.05, 4.69) is 15.4 Å². The molecule has 0 fully saturated rings. The Bertz CT molecular complexity index is 622. The van der Waals surface area contributed by atoms with Crippen LogP contribution in [0.15, 0.2) is 41.5 Å². The van der Waals surface area contributed by atoms with E-state index in [1.54, 1.807) is 4.68 Å². The largest absolute Gasteiger partial charge is 0.483 e. The maximum absolute atomic E-state index is 11.0. The fourth-order valence-corrected chi connectivity index (χ4v) is 1.77. The zero-order valence-corrected chi connectivity index (χ0v) is 11.7. The van der Waals surface area contributed by atoms with Crippen molar-refractivity contribution in [2.45, 2.75) is 13.5 Å². The van der Waals surface area contributed by atoms with Gasteiger partial charge in [-0.25, -0.2) is 9.48 Å². The SMILES string of the molecule is CCO/C=N/c1c(NC(N)=O)cnn1Cc1ccccc1. The van der Waals surface area contributed by atoms with Crippen LogP contribution in [0, 0.1) is 0 Å². The lowest BCUT2D eigenvalue weighted by Crippen LogP contribution is -2.19. The van der Waals surface area contributed by atoms with Crippen LogP contribution in [0.2, 0.25) is 0 Å². The van der Waals surface area contributed by atoms with Crippen LogP contribution in [-0.2, 0) is 11.3 Å². The van der Waals surface area contributed by atoms with Gasteiger partial charge in [-0.1, -0.05) is 30.3 Å². The van der Waals surface area contributed by atoms with E-state index in [1.165, 1.54) is 12.6 Å². The van der Waals surface area contributed by atoms with Gasteiger partial charge >= 0.3 is 6.03 Å². The number of ether oxygens (including phenoxy) is 1. The molecule has 110 valence electrons. The lowest BCUT2D eigenvalue weighted by atomic mass is 10.2. The van der Waals surface area contributed by atoms with Crippen molar-refractivity contribution in [3.63, 3.8) is 0 Å². The summed E-state index contributed by atoms with van der Waals surface area (Å²) in [6, 6.07) is 9.15. The Morgan fingerprint density at radius 3 is 2.90 bits per heavy atom. The lowest BCUT2D eigenvalue weighted by molar-refractivity contribution is 0.259. The van der Waals surface area contributed by atoms with Gasteiger partial charge in [0.1, 0.15) is 5.69 Å². The first-order valence-electron chi connectivity index (χ1n) is 6.51. The normalized spacial score (nSPS) is 10.7. The third-order valence-electron chi connectivity index (χ3n) is 2.66. The van der Waals surface area contributed by atoms with Gasteiger partial charge in [0.05, 0.1) is 19.3 Å². The monoisotopic (exact) mass is 287 g/mol. The van der Waals surface area contributed by atoms with Gasteiger partial charge in [0.25, 0.3) is 0 Å². The van der Waals surface area contributed by atoms with Crippen LogP contribution >= 0.6 is 0 Å². The molecule has 2 rings (SSSR count). The zero-order chi connectivity index (χ0) is 15.1. The molecule has 1 aromatic heterocycles. The van der Waals surface area contributed by atoms with Gasteiger partial charge in [0.15, 0.2) is 12.2 Å². The average molecular weight is 287 g/mol. The standard InChI is InChI=1S/C14H17N5O2/c1-2-21-10-16-13-12(18-14(15)20)8-17-19(13)9-11-6-4-3-5-7-11/h3-8,10H,2,9H2,1H3,(H3,15,18,20)/b16-10+. The van der Waals surface area contributed by atoms with Gasteiger partial charge in [-0.05, 0) is 12.5 Å². The number of nitrogens with zero attached hydrogens (tertiary/aromatic N) is 3. The second-order valence-electron chi connectivity index (χ2n) is 4.20. The number of hydrogen-bond acceptors (Lipinski definition) is 4. The van der Waals surface area contributed by atoms with E-state index in [1.807, 2.05) is 37.3 Å². The number of primary amides is 1. The first-order chi connectivity index (χ1) is 10.2. The maximum Gasteiger partial charge on any atom is 0.316 e. The van der Waals surface area contributed by atoms with Crippen molar-refractivity contribution in [1.29, 1.82) is 0 Å². The summed E-state index contributed by atoms with van der Waals surface area (Å²) < 4.78 is 6.76. The van der Waals surface area contributed by atoms with Crippen LogP contribution in [0.4, 0.5) is 16.3 Å². The van der Waals surface area contributed by atoms with Crippen molar-refractivity contribution in [2.24, 2.45) is 10.7 Å². The molecule has 2 aromatic rings. The Morgan fingerprint density at radius 1 is 1.48 bits per heavy atom. The molecule has 0 aliphatic rings. The molecule has 2 amide bonds. The van der Waals surface area contributed by atoms with Gasteiger partial charge in [0, 0.05) is 0 Å². The quantitative estimate of drug-likeness (QED) is 0.629. The summed E-state index contributed by atoms with van der Waals surface area (Å²) in [7, 11) is 0. The molecule has 7 heteroatoms. The number of hydrogen-bond donors (Lipinski definition) is 2. The van der Waals surface area contributed by atoms with E-state index in [9.17, 15) is 4.79 Å². The molecule has 0 aliphatic heterocycles. The highest BCUT2D eigenvalue weighted by Crippen LogP contribution is 2.25. The second-order valence-corrected chi connectivity index (χ2v) is 4.20. The van der Waals surface area contributed by atoms with Crippen molar-refractivity contribution < 1.29 is 9.53 Å². The molecule has 0 atom stereocenters. The van der Waals surface area contributed by atoms with Crippen molar-refractivity contribution in [2.75, 3.05) is 11.9 Å². The maximum atomic E-state index is 11.0. The topological polar surface area (TPSA) is 94.5 Å². The van der Waals surface area contributed by atoms with Crippen molar-refractivity contribution in [3.05, 3.63) is 42.1 Å².